The highest BCUT2D eigenvalue weighted by Gasteiger charge is 2.35. The molecule has 3 aliphatic rings. The van der Waals surface area contributed by atoms with E-state index in [2.05, 4.69) is 4.90 Å². The van der Waals surface area contributed by atoms with Crippen LogP contribution in [0.4, 0.5) is 0 Å². The van der Waals surface area contributed by atoms with Crippen molar-refractivity contribution in [2.24, 2.45) is 13.0 Å². The maximum absolute atomic E-state index is 13.3. The SMILES string of the molecule is Br.Cn1c2ccc(O)cc2c2c(=O)n(C3CN4CCC3CC4)ccc21. The smallest absolute Gasteiger partial charge is 0.260 e. The lowest BCUT2D eigenvalue weighted by Gasteiger charge is -2.45. The number of aryl methyl sites for hydroxylation is 1. The molecule has 3 fully saturated rings. The molecule has 0 amide bonds. The number of phenolic OH excluding ortho intramolecular Hbond substituents is 1. The molecular formula is C19H22BrN3O2. The highest BCUT2D eigenvalue weighted by molar-refractivity contribution is 8.93. The Morgan fingerprint density at radius 3 is 2.56 bits per heavy atom. The van der Waals surface area contributed by atoms with Crippen molar-refractivity contribution in [2.75, 3.05) is 19.6 Å². The van der Waals surface area contributed by atoms with Crippen molar-refractivity contribution in [3.63, 3.8) is 0 Å². The highest BCUT2D eigenvalue weighted by Crippen LogP contribution is 2.36. The van der Waals surface area contributed by atoms with Crippen LogP contribution >= 0.6 is 17.0 Å². The molecule has 0 saturated carbocycles. The first kappa shape index (κ1) is 16.7. The van der Waals surface area contributed by atoms with Gasteiger partial charge < -0.3 is 19.1 Å². The largest absolute Gasteiger partial charge is 0.508 e. The second-order valence-electron chi connectivity index (χ2n) is 7.25. The summed E-state index contributed by atoms with van der Waals surface area (Å²) in [5.41, 5.74) is 1.98. The first-order chi connectivity index (χ1) is 11.6. The first-order valence-electron chi connectivity index (χ1n) is 8.68. The Morgan fingerprint density at radius 1 is 1.12 bits per heavy atom. The molecule has 6 heteroatoms. The van der Waals surface area contributed by atoms with Crippen molar-refractivity contribution in [3.8, 4) is 5.75 Å². The van der Waals surface area contributed by atoms with Crippen molar-refractivity contribution in [2.45, 2.75) is 18.9 Å². The summed E-state index contributed by atoms with van der Waals surface area (Å²) in [4.78, 5) is 15.8. The first-order valence-corrected chi connectivity index (χ1v) is 8.68. The van der Waals surface area contributed by atoms with E-state index in [-0.39, 0.29) is 34.3 Å². The van der Waals surface area contributed by atoms with Crippen LogP contribution in [0.2, 0.25) is 0 Å². The van der Waals surface area contributed by atoms with Gasteiger partial charge in [-0.15, -0.1) is 17.0 Å². The van der Waals surface area contributed by atoms with Gasteiger partial charge in [-0.1, -0.05) is 0 Å². The summed E-state index contributed by atoms with van der Waals surface area (Å²) >= 11 is 0. The number of phenols is 1. The summed E-state index contributed by atoms with van der Waals surface area (Å²) in [5, 5.41) is 11.4. The standard InChI is InChI=1S/C19H21N3O2.BrH/c1-20-15-3-2-13(23)10-14(15)18-16(20)6-9-22(19(18)24)17-11-21-7-4-12(17)5-8-21;/h2-3,6,9-10,12,17,23H,4-5,7-8,11H2,1H3;1H. The van der Waals surface area contributed by atoms with E-state index in [9.17, 15) is 9.90 Å². The van der Waals surface area contributed by atoms with E-state index in [4.69, 9.17) is 0 Å². The maximum Gasteiger partial charge on any atom is 0.260 e. The number of nitrogens with zero attached hydrogens (tertiary/aromatic N) is 3. The van der Waals surface area contributed by atoms with Crippen molar-refractivity contribution < 1.29 is 5.11 Å². The number of benzene rings is 1. The molecule has 132 valence electrons. The number of pyridine rings is 1. The number of halogens is 1. The van der Waals surface area contributed by atoms with Gasteiger partial charge in [-0.05, 0) is 56.1 Å². The van der Waals surface area contributed by atoms with Crippen LogP contribution in [0.25, 0.3) is 21.8 Å². The molecule has 6 rings (SSSR count). The Balaban J connectivity index is 0.00000157. The summed E-state index contributed by atoms with van der Waals surface area (Å²) in [6.45, 7) is 3.31. The van der Waals surface area contributed by atoms with Gasteiger partial charge in [0.2, 0.25) is 0 Å². The number of hydrogen-bond donors (Lipinski definition) is 1. The lowest BCUT2D eigenvalue weighted by Crippen LogP contribution is -2.49. The monoisotopic (exact) mass is 403 g/mol. The van der Waals surface area contributed by atoms with E-state index in [1.54, 1.807) is 12.1 Å². The van der Waals surface area contributed by atoms with E-state index in [0.717, 1.165) is 28.4 Å². The summed E-state index contributed by atoms with van der Waals surface area (Å²) in [6, 6.07) is 7.58. The fourth-order valence-electron chi connectivity index (χ4n) is 4.73. The minimum atomic E-state index is 0. The molecule has 2 bridgehead atoms. The molecule has 1 aromatic carbocycles. The molecule has 0 aliphatic carbocycles. The van der Waals surface area contributed by atoms with Crippen LogP contribution in [0.1, 0.15) is 18.9 Å². The molecule has 2 aromatic heterocycles. The molecular weight excluding hydrogens is 382 g/mol. The van der Waals surface area contributed by atoms with Gasteiger partial charge in [0.25, 0.3) is 5.56 Å². The van der Waals surface area contributed by atoms with Crippen LogP contribution in [-0.4, -0.2) is 38.8 Å². The molecule has 0 radical (unpaired) electrons. The fraction of sp³-hybridized carbons (Fsp3) is 0.421. The third-order valence-electron chi connectivity index (χ3n) is 6.05. The van der Waals surface area contributed by atoms with Gasteiger partial charge in [-0.25, -0.2) is 0 Å². The second kappa shape index (κ2) is 5.88. The molecule has 5 nitrogen and oxygen atoms in total. The van der Waals surface area contributed by atoms with Gasteiger partial charge >= 0.3 is 0 Å². The van der Waals surface area contributed by atoms with Crippen LogP contribution < -0.4 is 5.56 Å². The summed E-state index contributed by atoms with van der Waals surface area (Å²) < 4.78 is 3.98. The number of aromatic hydroxyl groups is 1. The van der Waals surface area contributed by atoms with Gasteiger partial charge in [0.15, 0.2) is 0 Å². The van der Waals surface area contributed by atoms with Crippen molar-refractivity contribution in [1.29, 1.82) is 0 Å². The third-order valence-corrected chi connectivity index (χ3v) is 6.05. The number of aromatic nitrogens is 2. The summed E-state index contributed by atoms with van der Waals surface area (Å²) in [7, 11) is 1.97. The Labute approximate surface area is 156 Å². The van der Waals surface area contributed by atoms with E-state index < -0.39 is 0 Å². The number of piperidine rings is 3. The van der Waals surface area contributed by atoms with Gasteiger partial charge in [0, 0.05) is 30.7 Å². The number of rotatable bonds is 1. The predicted molar refractivity (Wildman–Crippen MR) is 105 cm³/mol. The number of fused-ring (bicyclic) bond motifs is 6. The van der Waals surface area contributed by atoms with Crippen LogP contribution in [0.15, 0.2) is 35.3 Å². The van der Waals surface area contributed by atoms with Crippen LogP contribution in [-0.2, 0) is 7.05 Å². The molecule has 25 heavy (non-hydrogen) atoms. The summed E-state index contributed by atoms with van der Waals surface area (Å²) in [5.74, 6) is 0.807. The molecule has 1 N–H and O–H groups in total. The number of hydrogen-bond acceptors (Lipinski definition) is 3. The average molecular weight is 404 g/mol. The van der Waals surface area contributed by atoms with Crippen LogP contribution in [0.3, 0.4) is 0 Å². The van der Waals surface area contributed by atoms with E-state index in [0.29, 0.717) is 5.92 Å². The maximum atomic E-state index is 13.3. The Morgan fingerprint density at radius 2 is 1.88 bits per heavy atom. The zero-order valence-electron chi connectivity index (χ0n) is 14.2. The van der Waals surface area contributed by atoms with Gasteiger partial charge in [-0.2, -0.15) is 0 Å². The zero-order chi connectivity index (χ0) is 16.4. The minimum absolute atomic E-state index is 0. The molecule has 5 heterocycles. The average Bonchev–Trinajstić information content (AvgIpc) is 2.89. The highest BCUT2D eigenvalue weighted by atomic mass is 79.9. The van der Waals surface area contributed by atoms with E-state index in [1.165, 1.54) is 25.9 Å². The molecule has 3 aliphatic heterocycles. The van der Waals surface area contributed by atoms with Crippen molar-refractivity contribution in [3.05, 3.63) is 40.8 Å². The molecule has 1 atom stereocenters. The summed E-state index contributed by atoms with van der Waals surface area (Å²) in [6.07, 6.45) is 4.34. The molecule has 3 saturated heterocycles. The minimum Gasteiger partial charge on any atom is -0.508 e. The van der Waals surface area contributed by atoms with Crippen molar-refractivity contribution in [1.82, 2.24) is 14.0 Å². The Kier molecular flexibility index (Phi) is 3.92. The van der Waals surface area contributed by atoms with Crippen LogP contribution in [0, 0.1) is 5.92 Å². The quantitative estimate of drug-likeness (QED) is 0.679. The zero-order valence-corrected chi connectivity index (χ0v) is 15.9. The van der Waals surface area contributed by atoms with E-state index in [1.807, 2.05) is 34.5 Å². The normalized spacial score (nSPS) is 25.4. The van der Waals surface area contributed by atoms with Crippen molar-refractivity contribution >= 4 is 38.8 Å². The van der Waals surface area contributed by atoms with Gasteiger partial charge in [-0.3, -0.25) is 4.79 Å². The van der Waals surface area contributed by atoms with E-state index >= 15 is 0 Å². The Hall–Kier alpha value is -1.79. The van der Waals surface area contributed by atoms with Gasteiger partial charge in [0.05, 0.1) is 16.9 Å². The predicted octanol–water partition coefficient (Wildman–Crippen LogP) is 3.04. The third kappa shape index (κ3) is 2.34. The molecule has 3 aromatic rings. The molecule has 1 unspecified atom stereocenters. The fourth-order valence-corrected chi connectivity index (χ4v) is 4.73. The Bertz CT molecular complexity index is 1010. The topological polar surface area (TPSA) is 50.4 Å². The lowest BCUT2D eigenvalue weighted by atomic mass is 9.84. The molecule has 0 spiro atoms. The van der Waals surface area contributed by atoms with Gasteiger partial charge in [0.1, 0.15) is 5.75 Å². The lowest BCUT2D eigenvalue weighted by molar-refractivity contribution is 0.0556. The second-order valence-corrected chi connectivity index (χ2v) is 7.25. The van der Waals surface area contributed by atoms with Crippen LogP contribution in [0.5, 0.6) is 5.75 Å².